The number of benzene rings is 2. The Labute approximate surface area is 141 Å². The van der Waals surface area contributed by atoms with Gasteiger partial charge in [-0.2, -0.15) is 0 Å². The Hall–Kier alpha value is -2.40. The third kappa shape index (κ3) is 3.74. The van der Waals surface area contributed by atoms with Crippen molar-refractivity contribution in [2.24, 2.45) is 0 Å². The fourth-order valence-electron chi connectivity index (χ4n) is 2.91. The topological polar surface area (TPSA) is 50.4 Å². The summed E-state index contributed by atoms with van der Waals surface area (Å²) in [6.45, 7) is 2.98. The average molecular weight is 328 g/mol. The van der Waals surface area contributed by atoms with Crippen molar-refractivity contribution >= 4 is 5.91 Å². The maximum atomic E-state index is 13.6. The smallest absolute Gasteiger partial charge is 0.260 e. The fourth-order valence-corrected chi connectivity index (χ4v) is 2.91. The number of para-hydroxylation sites is 1. The molecule has 0 saturated carbocycles. The summed E-state index contributed by atoms with van der Waals surface area (Å²) in [5.41, 5.74) is 2.53. The van der Waals surface area contributed by atoms with Crippen LogP contribution >= 0.6 is 0 Å². The molecule has 0 saturated heterocycles. The van der Waals surface area contributed by atoms with E-state index in [2.05, 4.69) is 22.8 Å². The highest BCUT2D eigenvalue weighted by Gasteiger charge is 2.22. The lowest BCUT2D eigenvalue weighted by molar-refractivity contribution is -0.127. The highest BCUT2D eigenvalue weighted by atomic mass is 19.1. The average Bonchev–Trinajstić information content (AvgIpc) is 2.61. The zero-order valence-corrected chi connectivity index (χ0v) is 13.6. The van der Waals surface area contributed by atoms with E-state index >= 15 is 0 Å². The second kappa shape index (κ2) is 7.45. The second-order valence-electron chi connectivity index (χ2n) is 5.89. The van der Waals surface area contributed by atoms with Gasteiger partial charge in [0.2, 0.25) is 0 Å². The third-order valence-electron chi connectivity index (χ3n) is 4.21. The van der Waals surface area contributed by atoms with E-state index in [1.54, 1.807) is 19.1 Å². The minimum atomic E-state index is -0.763. The van der Waals surface area contributed by atoms with E-state index in [1.807, 2.05) is 12.1 Å². The first-order chi connectivity index (χ1) is 11.6. The molecule has 0 spiro atoms. The molecule has 4 nitrogen and oxygen atoms in total. The Morgan fingerprint density at radius 2 is 2.04 bits per heavy atom. The third-order valence-corrected chi connectivity index (χ3v) is 4.21. The summed E-state index contributed by atoms with van der Waals surface area (Å²) in [4.78, 5) is 12.2. The fraction of sp³-hybridized carbons (Fsp3) is 0.316. The highest BCUT2D eigenvalue weighted by molar-refractivity contribution is 5.80. The number of amides is 1. The molecular weight excluding hydrogens is 307 g/mol. The first-order valence-electron chi connectivity index (χ1n) is 8.15. The van der Waals surface area contributed by atoms with Gasteiger partial charge in [-0.15, -0.1) is 0 Å². The van der Waals surface area contributed by atoms with Crippen LogP contribution in [0.15, 0.2) is 48.5 Å². The van der Waals surface area contributed by atoms with Gasteiger partial charge >= 0.3 is 0 Å². The Morgan fingerprint density at radius 1 is 1.29 bits per heavy atom. The van der Waals surface area contributed by atoms with Crippen molar-refractivity contribution in [2.75, 3.05) is 13.1 Å². The molecule has 0 fully saturated rings. The first-order valence-corrected chi connectivity index (χ1v) is 8.15. The maximum absolute atomic E-state index is 13.6. The van der Waals surface area contributed by atoms with Crippen LogP contribution in [0, 0.1) is 5.82 Å². The largest absolute Gasteiger partial charge is 0.478 e. The number of carbonyl (C=O) groups is 1. The molecule has 2 atom stereocenters. The van der Waals surface area contributed by atoms with E-state index in [1.165, 1.54) is 23.3 Å². The van der Waals surface area contributed by atoms with Crippen LogP contribution in [0.25, 0.3) is 0 Å². The lowest BCUT2D eigenvalue weighted by Crippen LogP contribution is -2.43. The molecule has 24 heavy (non-hydrogen) atoms. The number of carbonyl (C=O) groups excluding carboxylic acids is 1. The van der Waals surface area contributed by atoms with Crippen molar-refractivity contribution in [1.82, 2.24) is 10.6 Å². The van der Waals surface area contributed by atoms with Crippen molar-refractivity contribution in [3.8, 4) is 5.75 Å². The van der Waals surface area contributed by atoms with E-state index in [0.717, 1.165) is 13.0 Å². The molecule has 2 N–H and O–H groups in total. The summed E-state index contributed by atoms with van der Waals surface area (Å²) < 4.78 is 19.0. The molecule has 3 rings (SSSR count). The zero-order valence-electron chi connectivity index (χ0n) is 13.6. The van der Waals surface area contributed by atoms with Gasteiger partial charge in [-0.3, -0.25) is 4.79 Å². The summed E-state index contributed by atoms with van der Waals surface area (Å²) in [5, 5.41) is 6.30. The summed E-state index contributed by atoms with van der Waals surface area (Å²) >= 11 is 0. The molecule has 2 unspecified atom stereocenters. The highest BCUT2D eigenvalue weighted by Crippen LogP contribution is 2.22. The normalized spacial score (nSPS) is 17.7. The van der Waals surface area contributed by atoms with Gasteiger partial charge in [-0.1, -0.05) is 36.4 Å². The summed E-state index contributed by atoms with van der Waals surface area (Å²) in [6, 6.07) is 14.4. The van der Waals surface area contributed by atoms with Gasteiger partial charge in [0.05, 0.1) is 0 Å². The molecule has 126 valence electrons. The van der Waals surface area contributed by atoms with Crippen molar-refractivity contribution in [3.05, 3.63) is 65.5 Å². The van der Waals surface area contributed by atoms with E-state index in [-0.39, 0.29) is 17.7 Å². The first kappa shape index (κ1) is 16.5. The monoisotopic (exact) mass is 328 g/mol. The Kier molecular flexibility index (Phi) is 5.11. The predicted octanol–water partition coefficient (Wildman–Crippen LogP) is 2.60. The van der Waals surface area contributed by atoms with Gasteiger partial charge < -0.3 is 15.4 Å². The Bertz CT molecular complexity index is 720. The van der Waals surface area contributed by atoms with Crippen molar-refractivity contribution < 1.29 is 13.9 Å². The van der Waals surface area contributed by atoms with Crippen LogP contribution < -0.4 is 15.4 Å². The second-order valence-corrected chi connectivity index (χ2v) is 5.89. The SMILES string of the molecule is CC(Oc1ccccc1F)C(=O)NCC1NCCc2ccccc21. The molecule has 5 heteroatoms. The molecule has 0 bridgehead atoms. The molecule has 1 aliphatic rings. The van der Waals surface area contributed by atoms with Gasteiger partial charge in [-0.25, -0.2) is 4.39 Å². The van der Waals surface area contributed by atoms with Crippen LogP contribution in [-0.4, -0.2) is 25.1 Å². The molecule has 0 radical (unpaired) electrons. The van der Waals surface area contributed by atoms with E-state index in [4.69, 9.17) is 4.74 Å². The van der Waals surface area contributed by atoms with E-state index in [9.17, 15) is 9.18 Å². The van der Waals surface area contributed by atoms with Crippen LogP contribution in [0.3, 0.4) is 0 Å². The number of fused-ring (bicyclic) bond motifs is 1. The van der Waals surface area contributed by atoms with Gasteiger partial charge in [0.1, 0.15) is 0 Å². The minimum absolute atomic E-state index is 0.0829. The number of ether oxygens (including phenoxy) is 1. The van der Waals surface area contributed by atoms with Gasteiger partial charge in [0, 0.05) is 12.6 Å². The molecule has 2 aromatic carbocycles. The van der Waals surface area contributed by atoms with Crippen LogP contribution in [0.4, 0.5) is 4.39 Å². The maximum Gasteiger partial charge on any atom is 0.260 e. The van der Waals surface area contributed by atoms with Gasteiger partial charge in [-0.05, 0) is 43.1 Å². The molecular formula is C19H21FN2O2. The van der Waals surface area contributed by atoms with Crippen molar-refractivity contribution in [2.45, 2.75) is 25.5 Å². The van der Waals surface area contributed by atoms with Crippen molar-refractivity contribution in [1.29, 1.82) is 0 Å². The van der Waals surface area contributed by atoms with Crippen LogP contribution in [0.2, 0.25) is 0 Å². The van der Waals surface area contributed by atoms with E-state index < -0.39 is 11.9 Å². The molecule has 1 aliphatic heterocycles. The quantitative estimate of drug-likeness (QED) is 0.887. The molecule has 0 aliphatic carbocycles. The van der Waals surface area contributed by atoms with Crippen molar-refractivity contribution in [3.63, 3.8) is 0 Å². The van der Waals surface area contributed by atoms with Gasteiger partial charge in [0.25, 0.3) is 5.91 Å². The minimum Gasteiger partial charge on any atom is -0.478 e. The number of rotatable bonds is 5. The summed E-state index contributed by atoms with van der Waals surface area (Å²) in [6.07, 6.45) is 0.230. The Morgan fingerprint density at radius 3 is 2.88 bits per heavy atom. The number of hydrogen-bond donors (Lipinski definition) is 2. The van der Waals surface area contributed by atoms with E-state index in [0.29, 0.717) is 6.54 Å². The predicted molar refractivity (Wildman–Crippen MR) is 90.4 cm³/mol. The molecule has 2 aromatic rings. The van der Waals surface area contributed by atoms with Crippen LogP contribution in [-0.2, 0) is 11.2 Å². The van der Waals surface area contributed by atoms with Crippen LogP contribution in [0.1, 0.15) is 24.1 Å². The number of halogens is 1. The summed E-state index contributed by atoms with van der Waals surface area (Å²) in [7, 11) is 0. The number of nitrogens with one attached hydrogen (secondary N) is 2. The standard InChI is InChI=1S/C19H21FN2O2/c1-13(24-18-9-5-4-8-16(18)20)19(23)22-12-17-15-7-3-2-6-14(15)10-11-21-17/h2-9,13,17,21H,10-12H2,1H3,(H,22,23). The Balaban J connectivity index is 1.57. The zero-order chi connectivity index (χ0) is 16.9. The lowest BCUT2D eigenvalue weighted by atomic mass is 9.94. The number of hydrogen-bond acceptors (Lipinski definition) is 3. The van der Waals surface area contributed by atoms with Gasteiger partial charge in [0.15, 0.2) is 17.7 Å². The molecule has 0 aromatic heterocycles. The van der Waals surface area contributed by atoms with Crippen LogP contribution in [0.5, 0.6) is 5.75 Å². The lowest BCUT2D eigenvalue weighted by Gasteiger charge is -2.27. The molecule has 1 amide bonds. The summed E-state index contributed by atoms with van der Waals surface area (Å²) in [5.74, 6) is -0.649. The molecule has 1 heterocycles.